The van der Waals surface area contributed by atoms with Gasteiger partial charge in [-0.2, -0.15) is 0 Å². The average molecular weight is 207 g/mol. The van der Waals surface area contributed by atoms with Gasteiger partial charge in [-0.1, -0.05) is 60.7 Å². The van der Waals surface area contributed by atoms with Crippen LogP contribution in [0.2, 0.25) is 0 Å². The lowest BCUT2D eigenvalue weighted by Crippen LogP contribution is -1.85. The second kappa shape index (κ2) is 4.80. The van der Waals surface area contributed by atoms with Gasteiger partial charge in [0.05, 0.1) is 0 Å². The largest absolute Gasteiger partial charge is 0.0870 e. The summed E-state index contributed by atoms with van der Waals surface area (Å²) in [4.78, 5) is 0. The average Bonchev–Trinajstić information content (AvgIpc) is 2.31. The molecule has 2 aromatic rings. The van der Waals surface area contributed by atoms with Crippen molar-refractivity contribution in [2.75, 3.05) is 0 Å². The Hall–Kier alpha value is -1.82. The topological polar surface area (TPSA) is 0 Å². The van der Waals surface area contributed by atoms with E-state index in [2.05, 4.69) is 55.5 Å². The molecule has 0 heterocycles. The Morgan fingerprint density at radius 3 is 2.19 bits per heavy atom. The van der Waals surface area contributed by atoms with E-state index in [1.165, 1.54) is 16.7 Å². The molecule has 0 atom stereocenters. The monoisotopic (exact) mass is 207 g/mol. The summed E-state index contributed by atoms with van der Waals surface area (Å²) in [6.45, 7) is 6.11. The fourth-order valence-corrected chi connectivity index (χ4v) is 1.85. The van der Waals surface area contributed by atoms with Gasteiger partial charge in [0.15, 0.2) is 0 Å². The first-order chi connectivity index (χ1) is 7.83. The van der Waals surface area contributed by atoms with Crippen molar-refractivity contribution in [2.24, 2.45) is 0 Å². The maximum Gasteiger partial charge on any atom is -0.0109 e. The zero-order valence-corrected chi connectivity index (χ0v) is 9.48. The molecule has 0 fully saturated rings. The van der Waals surface area contributed by atoms with Gasteiger partial charge in [0.1, 0.15) is 0 Å². The highest BCUT2D eigenvalue weighted by Gasteiger charge is 2.03. The van der Waals surface area contributed by atoms with Crippen molar-refractivity contribution in [1.82, 2.24) is 0 Å². The molecule has 0 amide bonds. The Bertz CT molecular complexity index is 507. The van der Waals surface area contributed by atoms with Gasteiger partial charge < -0.3 is 0 Å². The first kappa shape index (κ1) is 10.7. The third kappa shape index (κ3) is 2.06. The van der Waals surface area contributed by atoms with Crippen LogP contribution in [0.5, 0.6) is 0 Å². The summed E-state index contributed by atoms with van der Waals surface area (Å²) in [6, 6.07) is 16.6. The number of allylic oxidation sites excluding steroid dienone is 1. The van der Waals surface area contributed by atoms with Crippen LogP contribution < -0.4 is 0 Å². The zero-order chi connectivity index (χ0) is 11.4. The Morgan fingerprint density at radius 2 is 1.50 bits per heavy atom. The van der Waals surface area contributed by atoms with E-state index in [1.54, 1.807) is 0 Å². The third-order valence-electron chi connectivity index (χ3n) is 2.61. The van der Waals surface area contributed by atoms with Gasteiger partial charge in [-0.05, 0) is 36.1 Å². The van der Waals surface area contributed by atoms with Gasteiger partial charge in [-0.15, -0.1) is 0 Å². The number of hydrogen-bond acceptors (Lipinski definition) is 0. The highest BCUT2D eigenvalue weighted by atomic mass is 14.1. The number of hydrogen-bond donors (Lipinski definition) is 0. The van der Waals surface area contributed by atoms with Gasteiger partial charge in [0.2, 0.25) is 0 Å². The molecule has 0 aromatic heterocycles. The van der Waals surface area contributed by atoms with Crippen molar-refractivity contribution in [1.29, 1.82) is 0 Å². The molecule has 2 aromatic carbocycles. The molecule has 0 aliphatic heterocycles. The van der Waals surface area contributed by atoms with E-state index in [1.807, 2.05) is 19.1 Å². The van der Waals surface area contributed by atoms with E-state index < -0.39 is 0 Å². The first-order valence-corrected chi connectivity index (χ1v) is 5.46. The van der Waals surface area contributed by atoms with Crippen LogP contribution >= 0.6 is 0 Å². The van der Waals surface area contributed by atoms with E-state index in [0.717, 1.165) is 5.56 Å². The van der Waals surface area contributed by atoms with Gasteiger partial charge in [0.25, 0.3) is 0 Å². The second-order valence-electron chi connectivity index (χ2n) is 3.74. The summed E-state index contributed by atoms with van der Waals surface area (Å²) in [5, 5.41) is 0. The van der Waals surface area contributed by atoms with Crippen LogP contribution in [0.15, 0.2) is 54.6 Å². The molecule has 79 valence electrons. The molecule has 0 saturated heterocycles. The molecule has 1 radical (unpaired) electrons. The van der Waals surface area contributed by atoms with E-state index in [-0.39, 0.29) is 0 Å². The maximum absolute atomic E-state index is 4.07. The molecule has 0 heteroatoms. The minimum Gasteiger partial charge on any atom is -0.0870 e. The second-order valence-corrected chi connectivity index (χ2v) is 3.74. The van der Waals surface area contributed by atoms with Crippen LogP contribution in [0.25, 0.3) is 17.2 Å². The molecule has 0 spiro atoms. The molecule has 0 unspecified atom stereocenters. The summed E-state index contributed by atoms with van der Waals surface area (Å²) in [7, 11) is 0. The molecule has 0 N–H and O–H groups in total. The van der Waals surface area contributed by atoms with Crippen molar-refractivity contribution in [3.8, 4) is 11.1 Å². The summed E-state index contributed by atoms with van der Waals surface area (Å²) in [5.41, 5.74) is 4.75. The normalized spacial score (nSPS) is 10.9. The lowest BCUT2D eigenvalue weighted by Gasteiger charge is -2.08. The van der Waals surface area contributed by atoms with E-state index >= 15 is 0 Å². The zero-order valence-electron chi connectivity index (χ0n) is 9.48. The van der Waals surface area contributed by atoms with Crippen molar-refractivity contribution in [3.05, 3.63) is 72.7 Å². The van der Waals surface area contributed by atoms with Crippen molar-refractivity contribution < 1.29 is 0 Å². The van der Waals surface area contributed by atoms with Crippen molar-refractivity contribution in [2.45, 2.75) is 6.92 Å². The Balaban J connectivity index is 2.60. The summed E-state index contributed by atoms with van der Waals surface area (Å²) >= 11 is 0. The van der Waals surface area contributed by atoms with Crippen molar-refractivity contribution >= 4 is 6.08 Å². The number of rotatable bonds is 2. The maximum atomic E-state index is 4.07. The summed E-state index contributed by atoms with van der Waals surface area (Å²) < 4.78 is 0. The van der Waals surface area contributed by atoms with Gasteiger partial charge >= 0.3 is 0 Å². The number of benzene rings is 2. The predicted molar refractivity (Wildman–Crippen MR) is 71.0 cm³/mol. The van der Waals surface area contributed by atoms with Crippen LogP contribution in [-0.4, -0.2) is 0 Å². The molecule has 16 heavy (non-hydrogen) atoms. The molecular formula is C16H15. The molecule has 0 bridgehead atoms. The lowest BCUT2D eigenvalue weighted by atomic mass is 9.96. The molecule has 0 aliphatic carbocycles. The summed E-state index contributed by atoms with van der Waals surface area (Å²) in [5.74, 6) is 0. The van der Waals surface area contributed by atoms with Gasteiger partial charge in [-0.25, -0.2) is 0 Å². The summed E-state index contributed by atoms with van der Waals surface area (Å²) in [6.07, 6.45) is 4.19. The Kier molecular flexibility index (Phi) is 3.21. The highest BCUT2D eigenvalue weighted by Crippen LogP contribution is 2.27. The SMILES string of the molecule is [CH2]c1ccccc1-c1ccccc1/C=C\C. The standard InChI is InChI=1S/C16H15/c1-3-8-14-10-5-7-12-16(14)15-11-6-4-9-13(15)2/h3-12H,2H2,1H3/b8-3-. The molecular weight excluding hydrogens is 192 g/mol. The van der Waals surface area contributed by atoms with Crippen LogP contribution in [0.1, 0.15) is 18.1 Å². The fourth-order valence-electron chi connectivity index (χ4n) is 1.85. The highest BCUT2D eigenvalue weighted by molar-refractivity contribution is 5.77. The minimum atomic E-state index is 1.07. The van der Waals surface area contributed by atoms with Crippen molar-refractivity contribution in [3.63, 3.8) is 0 Å². The first-order valence-electron chi connectivity index (χ1n) is 5.46. The molecule has 0 aliphatic rings. The van der Waals surface area contributed by atoms with Crippen LogP contribution in [-0.2, 0) is 0 Å². The smallest absolute Gasteiger partial charge is 0.0109 e. The predicted octanol–water partition coefficient (Wildman–Crippen LogP) is 4.57. The van der Waals surface area contributed by atoms with Crippen LogP contribution in [0.4, 0.5) is 0 Å². The van der Waals surface area contributed by atoms with E-state index in [9.17, 15) is 0 Å². The molecule has 0 saturated carbocycles. The van der Waals surface area contributed by atoms with E-state index in [4.69, 9.17) is 0 Å². The molecule has 0 nitrogen and oxygen atoms in total. The van der Waals surface area contributed by atoms with Gasteiger partial charge in [0, 0.05) is 0 Å². The van der Waals surface area contributed by atoms with Gasteiger partial charge in [-0.3, -0.25) is 0 Å². The fraction of sp³-hybridized carbons (Fsp3) is 0.0625. The molecule has 2 rings (SSSR count). The van der Waals surface area contributed by atoms with Crippen LogP contribution in [0, 0.1) is 6.92 Å². The third-order valence-corrected chi connectivity index (χ3v) is 2.61. The van der Waals surface area contributed by atoms with E-state index in [0.29, 0.717) is 0 Å². The Labute approximate surface area is 97.3 Å². The van der Waals surface area contributed by atoms with Crippen LogP contribution in [0.3, 0.4) is 0 Å². The minimum absolute atomic E-state index is 1.07. The Morgan fingerprint density at radius 1 is 0.875 bits per heavy atom. The quantitative estimate of drug-likeness (QED) is 0.676. The lowest BCUT2D eigenvalue weighted by molar-refractivity contribution is 1.54.